The van der Waals surface area contributed by atoms with E-state index in [2.05, 4.69) is 22.1 Å². The molecule has 5 heteroatoms. The number of carbonyl (C=O) groups excluding carboxylic acids is 1. The average molecular weight is 305 g/mol. The van der Waals surface area contributed by atoms with Crippen LogP contribution in [0.2, 0.25) is 0 Å². The molecule has 0 aliphatic carbocycles. The van der Waals surface area contributed by atoms with Gasteiger partial charge < -0.3 is 10.1 Å². The highest BCUT2D eigenvalue weighted by molar-refractivity contribution is 5.94. The van der Waals surface area contributed by atoms with Crippen LogP contribution in [0.25, 0.3) is 0 Å². The lowest BCUT2D eigenvalue weighted by Gasteiger charge is -2.24. The van der Waals surface area contributed by atoms with E-state index in [1.807, 2.05) is 20.8 Å². The molecule has 0 bridgehead atoms. The molecular weight excluding hydrogens is 278 g/mol. The van der Waals surface area contributed by atoms with E-state index in [-0.39, 0.29) is 5.97 Å². The van der Waals surface area contributed by atoms with Crippen molar-refractivity contribution < 1.29 is 9.53 Å². The van der Waals surface area contributed by atoms with E-state index in [4.69, 9.17) is 4.74 Å². The minimum atomic E-state index is -0.505. The number of likely N-dealkylation sites (tertiary alicyclic amines) is 1. The number of pyridine rings is 1. The largest absolute Gasteiger partial charge is 0.456 e. The summed E-state index contributed by atoms with van der Waals surface area (Å²) in [5.74, 6) is 0.279. The molecule has 0 saturated carbocycles. The van der Waals surface area contributed by atoms with Crippen molar-refractivity contribution in [3.05, 3.63) is 23.9 Å². The Labute approximate surface area is 133 Å². The second-order valence-electron chi connectivity index (χ2n) is 6.71. The first kappa shape index (κ1) is 16.7. The third-order valence-electron chi connectivity index (χ3n) is 3.84. The van der Waals surface area contributed by atoms with Crippen molar-refractivity contribution in [2.24, 2.45) is 0 Å². The second kappa shape index (κ2) is 7.09. The number of aromatic nitrogens is 1. The van der Waals surface area contributed by atoms with Crippen LogP contribution in [-0.4, -0.2) is 47.1 Å². The first-order valence-electron chi connectivity index (χ1n) is 8.07. The van der Waals surface area contributed by atoms with E-state index >= 15 is 0 Å². The molecule has 1 aliphatic rings. The number of anilines is 1. The molecule has 122 valence electrons. The van der Waals surface area contributed by atoms with Crippen LogP contribution in [0.15, 0.2) is 18.3 Å². The van der Waals surface area contributed by atoms with Crippen molar-refractivity contribution in [2.45, 2.75) is 52.2 Å². The summed E-state index contributed by atoms with van der Waals surface area (Å²) in [5, 5.41) is 3.33. The van der Waals surface area contributed by atoms with Crippen molar-refractivity contribution in [1.29, 1.82) is 0 Å². The summed E-state index contributed by atoms with van der Waals surface area (Å²) in [7, 11) is 0. The number of rotatable bonds is 5. The fraction of sp³-hybridized carbons (Fsp3) is 0.647. The summed E-state index contributed by atoms with van der Waals surface area (Å²) < 4.78 is 5.45. The molecule has 2 rings (SSSR count). The fourth-order valence-electron chi connectivity index (χ4n) is 2.80. The van der Waals surface area contributed by atoms with Crippen LogP contribution in [0.1, 0.15) is 50.9 Å². The van der Waals surface area contributed by atoms with Crippen LogP contribution in [0.3, 0.4) is 0 Å². The van der Waals surface area contributed by atoms with Crippen molar-refractivity contribution in [1.82, 2.24) is 9.88 Å². The van der Waals surface area contributed by atoms with Gasteiger partial charge in [-0.3, -0.25) is 4.90 Å². The average Bonchev–Trinajstić information content (AvgIpc) is 2.91. The molecule has 1 aromatic heterocycles. The summed E-state index contributed by atoms with van der Waals surface area (Å²) in [6.45, 7) is 10.8. The predicted octanol–water partition coefficient (Wildman–Crippen LogP) is 2.93. The zero-order chi connectivity index (χ0) is 16.2. The quantitative estimate of drug-likeness (QED) is 0.848. The van der Waals surface area contributed by atoms with E-state index in [9.17, 15) is 4.79 Å². The van der Waals surface area contributed by atoms with Crippen molar-refractivity contribution in [3.63, 3.8) is 0 Å². The number of ether oxygens (including phenoxy) is 1. The maximum atomic E-state index is 12.3. The number of hydrogen-bond acceptors (Lipinski definition) is 5. The smallest absolute Gasteiger partial charge is 0.342 e. The Hall–Kier alpha value is -1.62. The standard InChI is InChI=1S/C17H27N3O2/c1-5-20-11-7-8-13(20)12-19-15-14(9-6-10-18-15)16(21)22-17(2,3)4/h6,9-10,13H,5,7-8,11-12H2,1-4H3,(H,18,19). The highest BCUT2D eigenvalue weighted by atomic mass is 16.6. The van der Waals surface area contributed by atoms with Crippen molar-refractivity contribution in [3.8, 4) is 0 Å². The Morgan fingerprint density at radius 2 is 2.27 bits per heavy atom. The van der Waals surface area contributed by atoms with Gasteiger partial charge in [-0.2, -0.15) is 0 Å². The highest BCUT2D eigenvalue weighted by Gasteiger charge is 2.24. The van der Waals surface area contributed by atoms with Crippen LogP contribution < -0.4 is 5.32 Å². The molecule has 0 spiro atoms. The Morgan fingerprint density at radius 3 is 2.95 bits per heavy atom. The summed E-state index contributed by atoms with van der Waals surface area (Å²) in [4.78, 5) is 19.1. The maximum absolute atomic E-state index is 12.3. The molecule has 1 saturated heterocycles. The van der Waals surface area contributed by atoms with Crippen LogP contribution in [0.5, 0.6) is 0 Å². The minimum absolute atomic E-state index is 0.332. The number of esters is 1. The van der Waals surface area contributed by atoms with Crippen LogP contribution >= 0.6 is 0 Å². The molecule has 1 aliphatic heterocycles. The normalized spacial score (nSPS) is 19.2. The van der Waals surface area contributed by atoms with Gasteiger partial charge in [0.1, 0.15) is 17.0 Å². The first-order chi connectivity index (χ1) is 10.4. The van der Waals surface area contributed by atoms with Gasteiger partial charge in [-0.1, -0.05) is 6.92 Å². The molecule has 1 atom stereocenters. The summed E-state index contributed by atoms with van der Waals surface area (Å²) in [6, 6.07) is 4.03. The van der Waals surface area contributed by atoms with Gasteiger partial charge in [0.2, 0.25) is 0 Å². The second-order valence-corrected chi connectivity index (χ2v) is 6.71. The van der Waals surface area contributed by atoms with Gasteiger partial charge in [0.05, 0.1) is 0 Å². The van der Waals surface area contributed by atoms with Gasteiger partial charge >= 0.3 is 5.97 Å². The molecule has 0 aromatic carbocycles. The molecule has 1 aromatic rings. The Bertz CT molecular complexity index is 511. The molecule has 2 heterocycles. The number of nitrogens with zero attached hydrogens (tertiary/aromatic N) is 2. The lowest BCUT2D eigenvalue weighted by molar-refractivity contribution is 0.00703. The van der Waals surface area contributed by atoms with Gasteiger partial charge in [-0.05, 0) is 58.8 Å². The molecule has 1 N–H and O–H groups in total. The van der Waals surface area contributed by atoms with Gasteiger partial charge in [0.25, 0.3) is 0 Å². The minimum Gasteiger partial charge on any atom is -0.456 e. The van der Waals surface area contributed by atoms with Crippen molar-refractivity contribution in [2.75, 3.05) is 25.0 Å². The number of hydrogen-bond donors (Lipinski definition) is 1. The molecule has 22 heavy (non-hydrogen) atoms. The fourth-order valence-corrected chi connectivity index (χ4v) is 2.80. The molecule has 0 amide bonds. The Kier molecular flexibility index (Phi) is 5.40. The molecule has 1 fully saturated rings. The Morgan fingerprint density at radius 1 is 1.50 bits per heavy atom. The van der Waals surface area contributed by atoms with Gasteiger partial charge in [0, 0.05) is 18.8 Å². The molecular formula is C17H27N3O2. The zero-order valence-corrected chi connectivity index (χ0v) is 14.1. The predicted molar refractivity (Wildman–Crippen MR) is 88.2 cm³/mol. The van der Waals surface area contributed by atoms with E-state index in [1.54, 1.807) is 18.3 Å². The van der Waals surface area contributed by atoms with Crippen LogP contribution in [0, 0.1) is 0 Å². The Balaban J connectivity index is 2.03. The number of nitrogens with one attached hydrogen (secondary N) is 1. The van der Waals surface area contributed by atoms with Gasteiger partial charge in [-0.15, -0.1) is 0 Å². The summed E-state index contributed by atoms with van der Waals surface area (Å²) in [6.07, 6.45) is 4.12. The van der Waals surface area contributed by atoms with Crippen molar-refractivity contribution >= 4 is 11.8 Å². The third kappa shape index (κ3) is 4.44. The van der Waals surface area contributed by atoms with Gasteiger partial charge in [-0.25, -0.2) is 9.78 Å². The van der Waals surface area contributed by atoms with E-state index in [0.29, 0.717) is 17.4 Å². The maximum Gasteiger partial charge on any atom is 0.342 e. The number of likely N-dealkylation sites (N-methyl/N-ethyl adjacent to an activating group) is 1. The van der Waals surface area contributed by atoms with E-state index in [1.165, 1.54) is 12.8 Å². The SMILES string of the molecule is CCN1CCCC1CNc1ncccc1C(=O)OC(C)(C)C. The highest BCUT2D eigenvalue weighted by Crippen LogP contribution is 2.20. The molecule has 1 unspecified atom stereocenters. The lowest BCUT2D eigenvalue weighted by atomic mass is 10.1. The summed E-state index contributed by atoms with van der Waals surface area (Å²) in [5.41, 5.74) is -0.00672. The third-order valence-corrected chi connectivity index (χ3v) is 3.84. The van der Waals surface area contributed by atoms with Gasteiger partial charge in [0.15, 0.2) is 0 Å². The monoisotopic (exact) mass is 305 g/mol. The van der Waals surface area contributed by atoms with E-state index in [0.717, 1.165) is 19.6 Å². The van der Waals surface area contributed by atoms with Crippen LogP contribution in [0.4, 0.5) is 5.82 Å². The van der Waals surface area contributed by atoms with Crippen LogP contribution in [-0.2, 0) is 4.74 Å². The zero-order valence-electron chi connectivity index (χ0n) is 14.1. The van der Waals surface area contributed by atoms with E-state index < -0.39 is 5.60 Å². The number of carbonyl (C=O) groups is 1. The first-order valence-corrected chi connectivity index (χ1v) is 8.07. The summed E-state index contributed by atoms with van der Waals surface area (Å²) >= 11 is 0. The lowest BCUT2D eigenvalue weighted by Crippen LogP contribution is -2.35. The topological polar surface area (TPSA) is 54.5 Å². The molecule has 5 nitrogen and oxygen atoms in total. The molecule has 0 radical (unpaired) electrons.